The number of fused-ring (bicyclic) bond motifs is 8. The van der Waals surface area contributed by atoms with E-state index in [1.807, 2.05) is 78.1 Å². The van der Waals surface area contributed by atoms with Crippen LogP contribution in [0.4, 0.5) is 0 Å². The third-order valence-corrected chi connectivity index (χ3v) is 11.4. The van der Waals surface area contributed by atoms with Crippen LogP contribution in [0.2, 0.25) is 0 Å². The number of benzene rings is 7. The van der Waals surface area contributed by atoms with Gasteiger partial charge in [-0.3, -0.25) is 0 Å². The Labute approximate surface area is 313 Å². The monoisotopic (exact) mass is 708 g/mol. The second-order valence-electron chi connectivity index (χ2n) is 13.4. The maximum Gasteiger partial charge on any atom is 0.164 e. The van der Waals surface area contributed by atoms with Crippen molar-refractivity contribution in [1.82, 2.24) is 19.9 Å². The van der Waals surface area contributed by atoms with E-state index in [1.165, 1.54) is 25.7 Å². The topological polar surface area (TPSA) is 64.7 Å². The molecule has 4 aromatic heterocycles. The number of furan rings is 1. The molecule has 4 heterocycles. The van der Waals surface area contributed by atoms with Crippen LogP contribution in [0.15, 0.2) is 174 Å². The molecule has 0 saturated carbocycles. The Balaban J connectivity index is 1.06. The quantitative estimate of drug-likeness (QED) is 0.178. The smallest absolute Gasteiger partial charge is 0.164 e. The molecule has 0 aliphatic heterocycles. The Hall–Kier alpha value is -7.02. The van der Waals surface area contributed by atoms with Crippen molar-refractivity contribution in [2.45, 2.75) is 0 Å². The highest BCUT2D eigenvalue weighted by atomic mass is 32.1. The van der Waals surface area contributed by atoms with Crippen LogP contribution in [0.1, 0.15) is 0 Å². The predicted molar refractivity (Wildman–Crippen MR) is 222 cm³/mol. The molecule has 252 valence electrons. The molecule has 0 bridgehead atoms. The molecular weight excluding hydrogens is 681 g/mol. The second-order valence-corrected chi connectivity index (χ2v) is 14.4. The number of para-hydroxylation sites is 1. The molecule has 7 aromatic carbocycles. The summed E-state index contributed by atoms with van der Waals surface area (Å²) in [5.41, 5.74) is 9.43. The van der Waals surface area contributed by atoms with Gasteiger partial charge in [-0.2, -0.15) is 0 Å². The fraction of sp³-hybridized carbons (Fsp3) is 0. The number of thiophene rings is 1. The zero-order valence-corrected chi connectivity index (χ0v) is 29.6. The van der Waals surface area contributed by atoms with Gasteiger partial charge in [-0.1, -0.05) is 146 Å². The van der Waals surface area contributed by atoms with E-state index in [1.54, 1.807) is 0 Å². The fourth-order valence-electron chi connectivity index (χ4n) is 7.53. The summed E-state index contributed by atoms with van der Waals surface area (Å²) in [5, 5.41) is 5.58. The van der Waals surface area contributed by atoms with Crippen LogP contribution in [0.5, 0.6) is 0 Å². The van der Waals surface area contributed by atoms with E-state index in [9.17, 15) is 0 Å². The molecule has 0 radical (unpaired) electrons. The lowest BCUT2D eigenvalue weighted by Gasteiger charge is -2.11. The Morgan fingerprint density at radius 3 is 1.78 bits per heavy atom. The first-order valence-corrected chi connectivity index (χ1v) is 18.7. The Kier molecular flexibility index (Phi) is 6.97. The van der Waals surface area contributed by atoms with E-state index in [2.05, 4.69) is 103 Å². The molecule has 0 aliphatic rings. The molecule has 0 saturated heterocycles. The molecule has 0 amide bonds. The lowest BCUT2D eigenvalue weighted by Crippen LogP contribution is -2.00. The van der Waals surface area contributed by atoms with Crippen molar-refractivity contribution in [3.8, 4) is 56.5 Å². The largest absolute Gasteiger partial charge is 0.455 e. The lowest BCUT2D eigenvalue weighted by molar-refractivity contribution is 0.672. The van der Waals surface area contributed by atoms with Crippen LogP contribution in [0, 0.1) is 0 Å². The first-order valence-electron chi connectivity index (χ1n) is 17.9. The molecule has 11 rings (SSSR count). The third-order valence-electron chi connectivity index (χ3n) is 10.1. The standard InChI is InChI=1S/C48H28N4OS/c1-3-12-30(13-4-1)43-42-38-17-7-9-20-40(38)53-44(42)37-27-26-33(28-39(37)49-43)48-51-46(31-14-5-2-6-15-31)50-47(52-48)32-24-22-29(23-25-32)34-18-11-19-36-35-16-8-10-21-41(35)54-45(34)36/h1-28H. The number of aromatic nitrogens is 4. The van der Waals surface area contributed by atoms with Gasteiger partial charge in [-0.15, -0.1) is 11.3 Å². The van der Waals surface area contributed by atoms with Gasteiger partial charge in [-0.25, -0.2) is 19.9 Å². The van der Waals surface area contributed by atoms with Crippen molar-refractivity contribution < 1.29 is 4.42 Å². The van der Waals surface area contributed by atoms with Gasteiger partial charge in [0.05, 0.1) is 16.6 Å². The van der Waals surface area contributed by atoms with Crippen molar-refractivity contribution in [2.24, 2.45) is 0 Å². The fourth-order valence-corrected chi connectivity index (χ4v) is 8.77. The lowest BCUT2D eigenvalue weighted by atomic mass is 10.0. The summed E-state index contributed by atoms with van der Waals surface area (Å²) in [6, 6.07) is 58.5. The SMILES string of the molecule is c1ccc(-c2nc(-c3ccc(-c4cccc5c4sc4ccccc45)cc3)nc(-c3ccc4c(c3)nc(-c3ccccc3)c3c5ccccc5oc43)n2)cc1. The van der Waals surface area contributed by atoms with E-state index in [-0.39, 0.29) is 0 Å². The van der Waals surface area contributed by atoms with Gasteiger partial charge in [-0.05, 0) is 35.4 Å². The highest BCUT2D eigenvalue weighted by molar-refractivity contribution is 7.26. The summed E-state index contributed by atoms with van der Waals surface area (Å²) in [7, 11) is 0. The summed E-state index contributed by atoms with van der Waals surface area (Å²) in [5.74, 6) is 1.80. The first kappa shape index (κ1) is 30.6. The molecule has 0 atom stereocenters. The average Bonchev–Trinajstić information content (AvgIpc) is 3.83. The van der Waals surface area contributed by atoms with E-state index < -0.39 is 0 Å². The normalized spacial score (nSPS) is 11.7. The highest BCUT2D eigenvalue weighted by Gasteiger charge is 2.20. The number of pyridine rings is 1. The summed E-state index contributed by atoms with van der Waals surface area (Å²) < 4.78 is 9.12. The number of hydrogen-bond acceptors (Lipinski definition) is 6. The zero-order valence-electron chi connectivity index (χ0n) is 28.8. The summed E-state index contributed by atoms with van der Waals surface area (Å²) in [6.45, 7) is 0. The third kappa shape index (κ3) is 4.99. The maximum atomic E-state index is 6.53. The molecule has 54 heavy (non-hydrogen) atoms. The molecule has 5 nitrogen and oxygen atoms in total. The van der Waals surface area contributed by atoms with Gasteiger partial charge in [0.1, 0.15) is 11.2 Å². The van der Waals surface area contributed by atoms with Crippen molar-refractivity contribution >= 4 is 64.4 Å². The first-order chi connectivity index (χ1) is 26.7. The van der Waals surface area contributed by atoms with Gasteiger partial charge < -0.3 is 4.42 Å². The van der Waals surface area contributed by atoms with Crippen molar-refractivity contribution in [3.05, 3.63) is 170 Å². The van der Waals surface area contributed by atoms with Crippen LogP contribution in [-0.2, 0) is 0 Å². The van der Waals surface area contributed by atoms with Crippen LogP contribution in [-0.4, -0.2) is 19.9 Å². The van der Waals surface area contributed by atoms with Crippen LogP contribution < -0.4 is 0 Å². The number of rotatable bonds is 5. The molecule has 6 heteroatoms. The predicted octanol–water partition coefficient (Wildman–Crippen LogP) is 13.0. The van der Waals surface area contributed by atoms with E-state index in [0.717, 1.165) is 66.4 Å². The van der Waals surface area contributed by atoms with E-state index in [0.29, 0.717) is 17.5 Å². The number of hydrogen-bond donors (Lipinski definition) is 0. The highest BCUT2D eigenvalue weighted by Crippen LogP contribution is 2.42. The van der Waals surface area contributed by atoms with Crippen LogP contribution >= 0.6 is 11.3 Å². The molecule has 0 N–H and O–H groups in total. The van der Waals surface area contributed by atoms with E-state index >= 15 is 0 Å². The molecule has 0 fully saturated rings. The molecule has 0 aliphatic carbocycles. The van der Waals surface area contributed by atoms with Crippen molar-refractivity contribution in [1.29, 1.82) is 0 Å². The Morgan fingerprint density at radius 2 is 1.00 bits per heavy atom. The van der Waals surface area contributed by atoms with Crippen LogP contribution in [0.25, 0.3) is 110 Å². The number of nitrogens with zero attached hydrogens (tertiary/aromatic N) is 4. The van der Waals surface area contributed by atoms with Gasteiger partial charge >= 0.3 is 0 Å². The van der Waals surface area contributed by atoms with Crippen molar-refractivity contribution in [3.63, 3.8) is 0 Å². The molecular formula is C48H28N4OS. The molecule has 11 aromatic rings. The van der Waals surface area contributed by atoms with Crippen molar-refractivity contribution in [2.75, 3.05) is 0 Å². The average molecular weight is 709 g/mol. The van der Waals surface area contributed by atoms with Crippen LogP contribution in [0.3, 0.4) is 0 Å². The minimum Gasteiger partial charge on any atom is -0.455 e. The second kappa shape index (κ2) is 12.3. The van der Waals surface area contributed by atoms with Gasteiger partial charge in [0.2, 0.25) is 0 Å². The Bertz CT molecular complexity index is 3210. The Morgan fingerprint density at radius 1 is 0.407 bits per heavy atom. The molecule has 0 spiro atoms. The summed E-state index contributed by atoms with van der Waals surface area (Å²) in [6.07, 6.45) is 0. The summed E-state index contributed by atoms with van der Waals surface area (Å²) in [4.78, 5) is 20.4. The van der Waals surface area contributed by atoms with Gasteiger partial charge in [0.15, 0.2) is 17.5 Å². The minimum absolute atomic E-state index is 0.577. The molecule has 0 unspecified atom stereocenters. The van der Waals surface area contributed by atoms with E-state index in [4.69, 9.17) is 24.4 Å². The maximum absolute atomic E-state index is 6.53. The van der Waals surface area contributed by atoms with Gasteiger partial charge in [0, 0.05) is 53.2 Å². The van der Waals surface area contributed by atoms with Gasteiger partial charge in [0.25, 0.3) is 0 Å². The minimum atomic E-state index is 0.577. The summed E-state index contributed by atoms with van der Waals surface area (Å²) >= 11 is 1.84. The zero-order chi connectivity index (χ0) is 35.6.